The van der Waals surface area contributed by atoms with Gasteiger partial charge in [0.1, 0.15) is 5.25 Å². The molecule has 0 aromatic carbocycles. The van der Waals surface area contributed by atoms with E-state index in [4.69, 9.17) is 5.14 Å². The lowest BCUT2D eigenvalue weighted by molar-refractivity contribution is -0.118. The van der Waals surface area contributed by atoms with Crippen molar-refractivity contribution >= 4 is 15.8 Å². The monoisotopic (exact) mass is 193 g/mol. The molecule has 0 aromatic heterocycles. The van der Waals surface area contributed by atoms with E-state index in [1.165, 1.54) is 0 Å². The Hall–Kier alpha value is -0.420. The Bertz CT molecular complexity index is 245. The van der Waals surface area contributed by atoms with Crippen LogP contribution in [-0.2, 0) is 14.8 Å². The summed E-state index contributed by atoms with van der Waals surface area (Å²) in [5.41, 5.74) is 0. The van der Waals surface area contributed by atoms with Crippen LogP contribution in [0.5, 0.6) is 0 Å². The lowest BCUT2D eigenvalue weighted by Crippen LogP contribution is -2.34. The molecule has 0 heterocycles. The van der Waals surface area contributed by atoms with Crippen LogP contribution in [0, 0.1) is 0 Å². The molecule has 4 nitrogen and oxygen atoms in total. The topological polar surface area (TPSA) is 77.2 Å². The highest BCUT2D eigenvalue weighted by atomic mass is 32.2. The average Bonchev–Trinajstić information content (AvgIpc) is 1.85. The fraction of sp³-hybridized carbons (Fsp3) is 0.857. The van der Waals surface area contributed by atoms with Crippen molar-refractivity contribution in [2.24, 2.45) is 5.14 Å². The smallest absolute Gasteiger partial charge is 0.219 e. The van der Waals surface area contributed by atoms with E-state index in [1.807, 2.05) is 6.92 Å². The number of rotatable bonds is 5. The summed E-state index contributed by atoms with van der Waals surface area (Å²) in [6.07, 6.45) is 1.21. The first-order valence-electron chi connectivity index (χ1n) is 3.97. The molecular formula is C7H15NO3S. The number of hydrogen-bond donors (Lipinski definition) is 1. The summed E-state index contributed by atoms with van der Waals surface area (Å²) < 4.78 is 21.7. The maximum Gasteiger partial charge on any atom is 0.219 e. The molecule has 72 valence electrons. The van der Waals surface area contributed by atoms with E-state index in [0.717, 1.165) is 0 Å². The summed E-state index contributed by atoms with van der Waals surface area (Å²) >= 11 is 0. The van der Waals surface area contributed by atoms with Crippen LogP contribution >= 0.6 is 0 Å². The van der Waals surface area contributed by atoms with Crippen LogP contribution in [0.15, 0.2) is 0 Å². The molecule has 0 aliphatic rings. The van der Waals surface area contributed by atoms with Crippen LogP contribution in [0.4, 0.5) is 0 Å². The van der Waals surface area contributed by atoms with Gasteiger partial charge in [0, 0.05) is 6.42 Å². The van der Waals surface area contributed by atoms with E-state index < -0.39 is 15.3 Å². The van der Waals surface area contributed by atoms with Crippen molar-refractivity contribution in [2.75, 3.05) is 0 Å². The number of ketones is 1. The van der Waals surface area contributed by atoms with Crippen LogP contribution in [-0.4, -0.2) is 19.5 Å². The molecule has 5 heteroatoms. The molecule has 2 N–H and O–H groups in total. The number of nitrogens with two attached hydrogens (primary N) is 1. The second kappa shape index (κ2) is 4.57. The zero-order valence-corrected chi connectivity index (χ0v) is 8.23. The van der Waals surface area contributed by atoms with Gasteiger partial charge in [-0.1, -0.05) is 13.8 Å². The Morgan fingerprint density at radius 2 is 1.92 bits per heavy atom. The van der Waals surface area contributed by atoms with E-state index in [0.29, 0.717) is 6.42 Å². The molecule has 0 rings (SSSR count). The third-order valence-electron chi connectivity index (χ3n) is 1.62. The largest absolute Gasteiger partial charge is 0.298 e. The second-order valence-electron chi connectivity index (χ2n) is 2.70. The third kappa shape index (κ3) is 3.32. The molecule has 0 amide bonds. The van der Waals surface area contributed by atoms with Crippen molar-refractivity contribution in [1.82, 2.24) is 0 Å². The highest BCUT2D eigenvalue weighted by molar-refractivity contribution is 7.90. The molecule has 0 spiro atoms. The van der Waals surface area contributed by atoms with Crippen LogP contribution in [0.2, 0.25) is 0 Å². The van der Waals surface area contributed by atoms with Crippen molar-refractivity contribution < 1.29 is 13.2 Å². The van der Waals surface area contributed by atoms with Gasteiger partial charge in [-0.2, -0.15) is 0 Å². The quantitative estimate of drug-likeness (QED) is 0.687. The van der Waals surface area contributed by atoms with Crippen LogP contribution < -0.4 is 5.14 Å². The molecular weight excluding hydrogens is 178 g/mol. The first kappa shape index (κ1) is 11.6. The number of sulfonamides is 1. The summed E-state index contributed by atoms with van der Waals surface area (Å²) in [5.74, 6) is -0.275. The van der Waals surface area contributed by atoms with E-state index in [-0.39, 0.29) is 18.6 Å². The van der Waals surface area contributed by atoms with Crippen molar-refractivity contribution in [2.45, 2.75) is 38.4 Å². The van der Waals surface area contributed by atoms with E-state index in [2.05, 4.69) is 0 Å². The lowest BCUT2D eigenvalue weighted by atomic mass is 10.1. The SMILES string of the molecule is CCCC(=O)C(CC)S(N)(=O)=O. The number of carbonyl (C=O) groups is 1. The summed E-state index contributed by atoms with van der Waals surface area (Å²) in [6, 6.07) is 0. The van der Waals surface area contributed by atoms with Gasteiger partial charge < -0.3 is 0 Å². The second-order valence-corrected chi connectivity index (χ2v) is 4.45. The Morgan fingerprint density at radius 1 is 1.42 bits per heavy atom. The Kier molecular flexibility index (Phi) is 4.41. The van der Waals surface area contributed by atoms with Gasteiger partial charge in [-0.3, -0.25) is 4.79 Å². The maximum absolute atomic E-state index is 11.2. The van der Waals surface area contributed by atoms with Gasteiger partial charge in [0.2, 0.25) is 10.0 Å². The van der Waals surface area contributed by atoms with Gasteiger partial charge in [-0.25, -0.2) is 13.6 Å². The fourth-order valence-corrected chi connectivity index (χ4v) is 2.00. The molecule has 0 radical (unpaired) electrons. The summed E-state index contributed by atoms with van der Waals surface area (Å²) in [4.78, 5) is 11.2. The summed E-state index contributed by atoms with van der Waals surface area (Å²) in [7, 11) is -3.69. The minimum Gasteiger partial charge on any atom is -0.298 e. The normalized spacial score (nSPS) is 14.2. The fourth-order valence-electron chi connectivity index (χ4n) is 1.05. The van der Waals surface area contributed by atoms with Crippen LogP contribution in [0.1, 0.15) is 33.1 Å². The Balaban J connectivity index is 4.47. The molecule has 12 heavy (non-hydrogen) atoms. The van der Waals surface area contributed by atoms with Gasteiger partial charge in [0.15, 0.2) is 5.78 Å². The first-order chi connectivity index (χ1) is 5.43. The lowest BCUT2D eigenvalue weighted by Gasteiger charge is -2.09. The molecule has 0 aliphatic carbocycles. The van der Waals surface area contributed by atoms with Crippen LogP contribution in [0.3, 0.4) is 0 Å². The van der Waals surface area contributed by atoms with E-state index in [9.17, 15) is 13.2 Å². The number of Topliss-reactive ketones (excluding diaryl/α,β-unsaturated/α-hetero) is 1. The standard InChI is InChI=1S/C7H15NO3S/c1-3-5-6(9)7(4-2)12(8,10)11/h7H,3-5H2,1-2H3,(H2,8,10,11). The molecule has 0 bridgehead atoms. The molecule has 0 aromatic rings. The molecule has 1 atom stereocenters. The van der Waals surface area contributed by atoms with E-state index >= 15 is 0 Å². The van der Waals surface area contributed by atoms with Crippen molar-refractivity contribution in [1.29, 1.82) is 0 Å². The molecule has 0 aliphatic heterocycles. The highest BCUT2D eigenvalue weighted by Gasteiger charge is 2.26. The number of hydrogen-bond acceptors (Lipinski definition) is 3. The zero-order chi connectivity index (χ0) is 9.78. The van der Waals surface area contributed by atoms with Crippen molar-refractivity contribution in [3.05, 3.63) is 0 Å². The number of carbonyl (C=O) groups excluding carboxylic acids is 1. The molecule has 1 unspecified atom stereocenters. The summed E-state index contributed by atoms with van der Waals surface area (Å²) in [5, 5.41) is 3.87. The van der Waals surface area contributed by atoms with Gasteiger partial charge >= 0.3 is 0 Å². The van der Waals surface area contributed by atoms with Crippen molar-refractivity contribution in [3.8, 4) is 0 Å². The van der Waals surface area contributed by atoms with Gasteiger partial charge in [0.25, 0.3) is 0 Å². The first-order valence-corrected chi connectivity index (χ1v) is 5.58. The predicted molar refractivity (Wildman–Crippen MR) is 47.1 cm³/mol. The Labute approximate surface area is 73.2 Å². The Morgan fingerprint density at radius 3 is 2.17 bits per heavy atom. The van der Waals surface area contributed by atoms with E-state index in [1.54, 1.807) is 6.92 Å². The maximum atomic E-state index is 11.2. The zero-order valence-electron chi connectivity index (χ0n) is 7.41. The number of primary sulfonamides is 1. The molecule has 0 saturated carbocycles. The molecule has 0 saturated heterocycles. The minimum absolute atomic E-state index is 0.262. The molecule has 0 fully saturated rings. The average molecular weight is 193 g/mol. The summed E-state index contributed by atoms with van der Waals surface area (Å²) in [6.45, 7) is 3.47. The van der Waals surface area contributed by atoms with Crippen LogP contribution in [0.25, 0.3) is 0 Å². The van der Waals surface area contributed by atoms with Crippen molar-refractivity contribution in [3.63, 3.8) is 0 Å². The van der Waals surface area contributed by atoms with Gasteiger partial charge in [0.05, 0.1) is 0 Å². The van der Waals surface area contributed by atoms with Gasteiger partial charge in [-0.15, -0.1) is 0 Å². The minimum atomic E-state index is -3.69. The highest BCUT2D eigenvalue weighted by Crippen LogP contribution is 2.06. The van der Waals surface area contributed by atoms with Gasteiger partial charge in [-0.05, 0) is 12.8 Å². The third-order valence-corrected chi connectivity index (χ3v) is 3.01. The predicted octanol–water partition coefficient (Wildman–Crippen LogP) is 0.423.